The summed E-state index contributed by atoms with van der Waals surface area (Å²) >= 11 is 0. The first-order valence-corrected chi connectivity index (χ1v) is 9.60. The standard InChI is InChI=1S/C24H17F2N3O/c1-14-4-5-16-9-15(6-7-18(14)16)17-10-20(25)19(21(26)11-17)13-29-22-3-2-8-27-24(22)28-12-23(29)30/h2-4,6-12H,5,13H2,1H3. The zero-order valence-corrected chi connectivity index (χ0v) is 16.2. The molecule has 0 saturated heterocycles. The zero-order chi connectivity index (χ0) is 20.8. The molecule has 0 unspecified atom stereocenters. The normalized spacial score (nSPS) is 12.8. The molecule has 4 nitrogen and oxygen atoms in total. The Hall–Kier alpha value is -3.67. The van der Waals surface area contributed by atoms with E-state index in [-0.39, 0.29) is 12.1 Å². The molecule has 4 aromatic rings. The van der Waals surface area contributed by atoms with E-state index in [0.717, 1.165) is 23.7 Å². The number of allylic oxidation sites excluding steroid dienone is 2. The van der Waals surface area contributed by atoms with E-state index in [1.54, 1.807) is 18.3 Å². The third-order valence-corrected chi connectivity index (χ3v) is 5.57. The first-order chi connectivity index (χ1) is 14.5. The highest BCUT2D eigenvalue weighted by Crippen LogP contribution is 2.32. The molecule has 6 heteroatoms. The van der Waals surface area contributed by atoms with Gasteiger partial charge in [-0.1, -0.05) is 24.3 Å². The Balaban J connectivity index is 1.55. The van der Waals surface area contributed by atoms with E-state index in [0.29, 0.717) is 16.7 Å². The van der Waals surface area contributed by atoms with Crippen molar-refractivity contribution in [3.63, 3.8) is 0 Å². The van der Waals surface area contributed by atoms with E-state index in [9.17, 15) is 13.6 Å². The third-order valence-electron chi connectivity index (χ3n) is 5.57. The molecule has 0 atom stereocenters. The van der Waals surface area contributed by atoms with E-state index in [4.69, 9.17) is 0 Å². The number of hydrogen-bond donors (Lipinski definition) is 0. The predicted molar refractivity (Wildman–Crippen MR) is 112 cm³/mol. The van der Waals surface area contributed by atoms with Gasteiger partial charge in [0.05, 0.1) is 18.3 Å². The second kappa shape index (κ2) is 6.99. The Morgan fingerprint density at radius 2 is 1.83 bits per heavy atom. The lowest BCUT2D eigenvalue weighted by atomic mass is 9.97. The summed E-state index contributed by atoms with van der Waals surface area (Å²) in [4.78, 5) is 20.4. The second-order valence-corrected chi connectivity index (χ2v) is 7.41. The second-order valence-electron chi connectivity index (χ2n) is 7.41. The number of fused-ring (bicyclic) bond motifs is 2. The Bertz CT molecular complexity index is 1380. The van der Waals surface area contributed by atoms with Gasteiger partial charge in [0, 0.05) is 11.8 Å². The molecule has 0 bridgehead atoms. The minimum absolute atomic E-state index is 0.170. The van der Waals surface area contributed by atoms with Gasteiger partial charge in [0.2, 0.25) is 0 Å². The fourth-order valence-corrected chi connectivity index (χ4v) is 3.95. The quantitative estimate of drug-likeness (QED) is 0.498. The van der Waals surface area contributed by atoms with Crippen molar-refractivity contribution >= 4 is 16.7 Å². The van der Waals surface area contributed by atoms with Crippen molar-refractivity contribution in [2.45, 2.75) is 19.9 Å². The molecule has 2 aromatic heterocycles. The van der Waals surface area contributed by atoms with Gasteiger partial charge in [-0.25, -0.2) is 18.7 Å². The minimum atomic E-state index is -0.694. The number of benzene rings is 2. The Morgan fingerprint density at radius 1 is 1.03 bits per heavy atom. The number of rotatable bonds is 3. The van der Waals surface area contributed by atoms with E-state index in [1.807, 2.05) is 18.2 Å². The molecule has 0 spiro atoms. The lowest BCUT2D eigenvalue weighted by Gasteiger charge is -2.13. The van der Waals surface area contributed by atoms with Crippen LogP contribution in [0.3, 0.4) is 0 Å². The largest absolute Gasteiger partial charge is 0.299 e. The average Bonchev–Trinajstić information content (AvgIpc) is 3.12. The molecule has 0 amide bonds. The van der Waals surface area contributed by atoms with E-state index in [2.05, 4.69) is 23.0 Å². The number of halogens is 2. The predicted octanol–water partition coefficient (Wildman–Crippen LogP) is 4.74. The van der Waals surface area contributed by atoms with Crippen LogP contribution in [0.4, 0.5) is 8.78 Å². The maximum atomic E-state index is 15.0. The topological polar surface area (TPSA) is 47.8 Å². The summed E-state index contributed by atoms with van der Waals surface area (Å²) in [5.74, 6) is -1.39. The molecule has 0 radical (unpaired) electrons. The van der Waals surface area contributed by atoms with E-state index < -0.39 is 17.2 Å². The fourth-order valence-electron chi connectivity index (χ4n) is 3.95. The molecule has 2 heterocycles. The van der Waals surface area contributed by atoms with Crippen molar-refractivity contribution in [2.75, 3.05) is 0 Å². The molecule has 1 aliphatic carbocycles. The van der Waals surface area contributed by atoms with Crippen molar-refractivity contribution in [3.05, 3.63) is 99.6 Å². The number of hydrogen-bond acceptors (Lipinski definition) is 3. The molecule has 30 heavy (non-hydrogen) atoms. The van der Waals surface area contributed by atoms with Crippen molar-refractivity contribution in [1.82, 2.24) is 14.5 Å². The molecule has 148 valence electrons. The van der Waals surface area contributed by atoms with Gasteiger partial charge in [0.15, 0.2) is 5.65 Å². The van der Waals surface area contributed by atoms with Crippen LogP contribution in [0.5, 0.6) is 0 Å². The van der Waals surface area contributed by atoms with Gasteiger partial charge < -0.3 is 0 Å². The van der Waals surface area contributed by atoms with Crippen LogP contribution in [0.25, 0.3) is 27.9 Å². The first kappa shape index (κ1) is 18.4. The van der Waals surface area contributed by atoms with Crippen LogP contribution >= 0.6 is 0 Å². The highest BCUT2D eigenvalue weighted by molar-refractivity contribution is 5.76. The average molecular weight is 401 g/mol. The van der Waals surface area contributed by atoms with Gasteiger partial charge in [-0.2, -0.15) is 0 Å². The molecule has 2 aromatic carbocycles. The third kappa shape index (κ3) is 3.01. The van der Waals surface area contributed by atoms with Gasteiger partial charge >= 0.3 is 0 Å². The highest BCUT2D eigenvalue weighted by atomic mass is 19.1. The lowest BCUT2D eigenvalue weighted by molar-refractivity contribution is 0.545. The van der Waals surface area contributed by atoms with Crippen molar-refractivity contribution in [1.29, 1.82) is 0 Å². The van der Waals surface area contributed by atoms with Gasteiger partial charge in [-0.3, -0.25) is 9.36 Å². The van der Waals surface area contributed by atoms with Gasteiger partial charge in [-0.15, -0.1) is 0 Å². The lowest BCUT2D eigenvalue weighted by Crippen LogP contribution is -2.22. The monoisotopic (exact) mass is 401 g/mol. The van der Waals surface area contributed by atoms with Crippen molar-refractivity contribution < 1.29 is 8.78 Å². The minimum Gasteiger partial charge on any atom is -0.299 e. The number of nitrogens with zero attached hydrogens (tertiary/aromatic N) is 3. The Labute approximate surface area is 171 Å². The van der Waals surface area contributed by atoms with Crippen LogP contribution in [-0.2, 0) is 13.0 Å². The summed E-state index contributed by atoms with van der Waals surface area (Å²) in [6.07, 6.45) is 5.63. The first-order valence-electron chi connectivity index (χ1n) is 9.60. The molecule has 0 aliphatic heterocycles. The van der Waals surface area contributed by atoms with E-state index >= 15 is 0 Å². The molecule has 1 aliphatic rings. The zero-order valence-electron chi connectivity index (χ0n) is 16.2. The molecular formula is C24H17F2N3O. The Kier molecular flexibility index (Phi) is 4.28. The smallest absolute Gasteiger partial charge is 0.269 e. The van der Waals surface area contributed by atoms with Gasteiger partial charge in [0.1, 0.15) is 11.6 Å². The molecule has 0 N–H and O–H groups in total. The van der Waals surface area contributed by atoms with Crippen LogP contribution in [-0.4, -0.2) is 14.5 Å². The number of aromatic nitrogens is 3. The summed E-state index contributed by atoms with van der Waals surface area (Å²) < 4.78 is 31.2. The number of pyridine rings is 1. The van der Waals surface area contributed by atoms with Crippen LogP contribution in [0, 0.1) is 11.6 Å². The van der Waals surface area contributed by atoms with Gasteiger partial charge in [0.25, 0.3) is 5.56 Å². The molecule has 5 rings (SSSR count). The fraction of sp³-hybridized carbons (Fsp3) is 0.125. The SMILES string of the molecule is CC1=CCc2cc(-c3cc(F)c(Cn4c(=O)cnc5ncccc54)c(F)c3)ccc21. The highest BCUT2D eigenvalue weighted by Gasteiger charge is 2.17. The summed E-state index contributed by atoms with van der Waals surface area (Å²) in [6, 6.07) is 11.8. The van der Waals surface area contributed by atoms with Crippen LogP contribution in [0.2, 0.25) is 0 Å². The molecule has 0 fully saturated rings. The summed E-state index contributed by atoms with van der Waals surface area (Å²) in [6.45, 7) is 1.81. The summed E-state index contributed by atoms with van der Waals surface area (Å²) in [7, 11) is 0. The van der Waals surface area contributed by atoms with Crippen molar-refractivity contribution in [2.24, 2.45) is 0 Å². The van der Waals surface area contributed by atoms with Crippen LogP contribution in [0.15, 0.2) is 65.7 Å². The van der Waals surface area contributed by atoms with Crippen LogP contribution in [0.1, 0.15) is 23.6 Å². The maximum Gasteiger partial charge on any atom is 0.269 e. The summed E-state index contributed by atoms with van der Waals surface area (Å²) in [5.41, 5.74) is 4.92. The molecular weight excluding hydrogens is 384 g/mol. The molecule has 0 saturated carbocycles. The van der Waals surface area contributed by atoms with Gasteiger partial charge in [-0.05, 0) is 65.4 Å². The summed E-state index contributed by atoms with van der Waals surface area (Å²) in [5, 5.41) is 0. The maximum absolute atomic E-state index is 15.0. The van der Waals surface area contributed by atoms with Crippen LogP contribution < -0.4 is 5.56 Å². The Morgan fingerprint density at radius 3 is 2.63 bits per heavy atom. The van der Waals surface area contributed by atoms with E-state index in [1.165, 1.54) is 27.8 Å². The van der Waals surface area contributed by atoms with Crippen molar-refractivity contribution in [3.8, 4) is 11.1 Å².